The van der Waals surface area contributed by atoms with Crippen molar-refractivity contribution < 1.29 is 9.53 Å². The normalized spacial score (nSPS) is 10.9. The number of benzene rings is 1. The molecule has 0 unspecified atom stereocenters. The topological polar surface area (TPSA) is 64.4 Å². The van der Waals surface area contributed by atoms with E-state index in [9.17, 15) is 9.59 Å². The second kappa shape index (κ2) is 7.29. The van der Waals surface area contributed by atoms with Crippen LogP contribution in [0.15, 0.2) is 35.4 Å². The van der Waals surface area contributed by atoms with E-state index in [2.05, 4.69) is 4.98 Å². The molecule has 6 nitrogen and oxygen atoms in total. The first-order valence-electron chi connectivity index (χ1n) is 8.33. The largest absolute Gasteiger partial charge is 0.497 e. The van der Waals surface area contributed by atoms with Crippen molar-refractivity contribution in [1.29, 1.82) is 0 Å². The number of hydrogen-bond donors (Lipinski definition) is 0. The van der Waals surface area contributed by atoms with Gasteiger partial charge < -0.3 is 14.2 Å². The second-order valence-corrected chi connectivity index (χ2v) is 7.06. The fourth-order valence-electron chi connectivity index (χ4n) is 2.83. The lowest BCUT2D eigenvalue weighted by Crippen LogP contribution is -2.30. The molecule has 136 valence electrons. The number of methoxy groups -OCH3 is 1. The number of nitrogens with zero attached hydrogens (tertiary/aromatic N) is 3. The van der Waals surface area contributed by atoms with Crippen molar-refractivity contribution in [2.45, 2.75) is 20.4 Å². The van der Waals surface area contributed by atoms with E-state index < -0.39 is 0 Å². The molecule has 1 aromatic carbocycles. The quantitative estimate of drug-likeness (QED) is 0.692. The molecule has 2 aromatic heterocycles. The van der Waals surface area contributed by atoms with Crippen molar-refractivity contribution in [2.24, 2.45) is 7.05 Å². The zero-order valence-corrected chi connectivity index (χ0v) is 16.1. The highest BCUT2D eigenvalue weighted by Crippen LogP contribution is 2.28. The number of thiophene rings is 1. The third-order valence-electron chi connectivity index (χ3n) is 4.41. The van der Waals surface area contributed by atoms with Crippen LogP contribution in [0.25, 0.3) is 10.2 Å². The Morgan fingerprint density at radius 2 is 2.00 bits per heavy atom. The number of fused-ring (bicyclic) bond motifs is 1. The van der Waals surface area contributed by atoms with Gasteiger partial charge in [0, 0.05) is 20.1 Å². The predicted molar refractivity (Wildman–Crippen MR) is 103 cm³/mol. The highest BCUT2D eigenvalue weighted by atomic mass is 32.1. The van der Waals surface area contributed by atoms with Crippen LogP contribution in [0, 0.1) is 6.92 Å². The number of rotatable bonds is 5. The second-order valence-electron chi connectivity index (χ2n) is 6.06. The van der Waals surface area contributed by atoms with E-state index in [-0.39, 0.29) is 11.5 Å². The summed E-state index contributed by atoms with van der Waals surface area (Å²) in [6, 6.07) is 7.66. The Kier molecular flexibility index (Phi) is 5.08. The third kappa shape index (κ3) is 3.22. The summed E-state index contributed by atoms with van der Waals surface area (Å²) in [5, 5.41) is 0.531. The maximum atomic E-state index is 13.1. The van der Waals surface area contributed by atoms with Crippen LogP contribution in [-0.2, 0) is 13.6 Å². The van der Waals surface area contributed by atoms with E-state index in [1.54, 1.807) is 19.1 Å². The van der Waals surface area contributed by atoms with Crippen molar-refractivity contribution >= 4 is 27.5 Å². The standard InChI is InChI=1S/C19H21N3O3S/c1-5-22(10-13-6-8-14(25-4)9-7-13)19(24)16-12(2)15-17(26-16)20-11-21(3)18(15)23/h6-9,11H,5,10H2,1-4H3. The summed E-state index contributed by atoms with van der Waals surface area (Å²) in [4.78, 5) is 32.7. The molecule has 2 heterocycles. The minimum absolute atomic E-state index is 0.0779. The Balaban J connectivity index is 1.93. The molecule has 0 aliphatic heterocycles. The molecular formula is C19H21N3O3S. The van der Waals surface area contributed by atoms with Gasteiger partial charge in [-0.1, -0.05) is 12.1 Å². The van der Waals surface area contributed by atoms with Crippen LogP contribution in [0.3, 0.4) is 0 Å². The van der Waals surface area contributed by atoms with E-state index in [0.29, 0.717) is 33.7 Å². The summed E-state index contributed by atoms with van der Waals surface area (Å²) in [6.45, 7) is 4.83. The van der Waals surface area contributed by atoms with E-state index in [1.165, 1.54) is 22.2 Å². The van der Waals surface area contributed by atoms with Gasteiger partial charge in [-0.3, -0.25) is 9.59 Å². The van der Waals surface area contributed by atoms with Crippen molar-refractivity contribution in [3.05, 3.63) is 57.0 Å². The molecule has 0 saturated carbocycles. The van der Waals surface area contributed by atoms with Crippen LogP contribution in [0.5, 0.6) is 5.75 Å². The molecule has 26 heavy (non-hydrogen) atoms. The van der Waals surface area contributed by atoms with Crippen LogP contribution in [-0.4, -0.2) is 34.0 Å². The summed E-state index contributed by atoms with van der Waals surface area (Å²) in [7, 11) is 3.29. The van der Waals surface area contributed by atoms with Crippen molar-refractivity contribution in [2.75, 3.05) is 13.7 Å². The minimum Gasteiger partial charge on any atom is -0.497 e. The highest BCUT2D eigenvalue weighted by molar-refractivity contribution is 7.20. The van der Waals surface area contributed by atoms with Crippen LogP contribution in [0.2, 0.25) is 0 Å². The predicted octanol–water partition coefficient (Wildman–Crippen LogP) is 2.97. The Morgan fingerprint density at radius 1 is 1.31 bits per heavy atom. The van der Waals surface area contributed by atoms with Crippen LogP contribution in [0.1, 0.15) is 27.7 Å². The Morgan fingerprint density at radius 3 is 2.62 bits per heavy atom. The van der Waals surface area contributed by atoms with Crippen LogP contribution < -0.4 is 10.3 Å². The van der Waals surface area contributed by atoms with E-state index in [0.717, 1.165) is 11.3 Å². The van der Waals surface area contributed by atoms with Crippen LogP contribution >= 0.6 is 11.3 Å². The van der Waals surface area contributed by atoms with Gasteiger partial charge in [0.05, 0.1) is 23.7 Å². The zero-order chi connectivity index (χ0) is 18.8. The van der Waals surface area contributed by atoms with Crippen LogP contribution in [0.4, 0.5) is 0 Å². The molecule has 0 bridgehead atoms. The average Bonchev–Trinajstić information content (AvgIpc) is 3.00. The van der Waals surface area contributed by atoms with Gasteiger partial charge in [0.25, 0.3) is 11.5 Å². The maximum absolute atomic E-state index is 13.1. The number of carbonyl (C=O) groups is 1. The molecule has 0 fully saturated rings. The first kappa shape index (κ1) is 18.1. The van der Waals surface area contributed by atoms with Crippen molar-refractivity contribution in [3.8, 4) is 5.75 Å². The molecule has 7 heteroatoms. The Labute approximate surface area is 155 Å². The van der Waals surface area contributed by atoms with Gasteiger partial charge >= 0.3 is 0 Å². The Bertz CT molecular complexity index is 1010. The smallest absolute Gasteiger partial charge is 0.264 e. The van der Waals surface area contributed by atoms with Gasteiger partial charge in [-0.15, -0.1) is 11.3 Å². The monoisotopic (exact) mass is 371 g/mol. The average molecular weight is 371 g/mol. The van der Waals surface area contributed by atoms with Gasteiger partial charge in [-0.25, -0.2) is 4.98 Å². The van der Waals surface area contributed by atoms with Gasteiger partial charge in [0.1, 0.15) is 10.6 Å². The molecule has 0 spiro atoms. The maximum Gasteiger partial charge on any atom is 0.264 e. The molecule has 0 aliphatic carbocycles. The molecule has 0 saturated heterocycles. The lowest BCUT2D eigenvalue weighted by molar-refractivity contribution is 0.0757. The first-order valence-corrected chi connectivity index (χ1v) is 9.14. The summed E-state index contributed by atoms with van der Waals surface area (Å²) in [5.41, 5.74) is 1.60. The fraction of sp³-hybridized carbons (Fsp3) is 0.316. The van der Waals surface area contributed by atoms with Gasteiger partial charge in [0.15, 0.2) is 0 Å². The molecule has 0 atom stereocenters. The Hall–Kier alpha value is -2.67. The lowest BCUT2D eigenvalue weighted by atomic mass is 10.1. The molecule has 3 rings (SSSR count). The number of aryl methyl sites for hydroxylation is 2. The van der Waals surface area contributed by atoms with Gasteiger partial charge in [0.2, 0.25) is 0 Å². The number of amides is 1. The molecule has 1 amide bonds. The van der Waals surface area contributed by atoms with E-state index >= 15 is 0 Å². The van der Waals surface area contributed by atoms with Gasteiger partial charge in [-0.05, 0) is 37.1 Å². The van der Waals surface area contributed by atoms with E-state index in [4.69, 9.17) is 4.74 Å². The molecule has 0 radical (unpaired) electrons. The SMILES string of the molecule is CCN(Cc1ccc(OC)cc1)C(=O)c1sc2ncn(C)c(=O)c2c1C. The van der Waals surface area contributed by atoms with E-state index in [1.807, 2.05) is 38.1 Å². The molecule has 3 aromatic rings. The van der Waals surface area contributed by atoms with Crippen molar-refractivity contribution in [3.63, 3.8) is 0 Å². The third-order valence-corrected chi connectivity index (χ3v) is 5.59. The summed E-state index contributed by atoms with van der Waals surface area (Å²) >= 11 is 1.28. The summed E-state index contributed by atoms with van der Waals surface area (Å²) < 4.78 is 6.61. The number of ether oxygens (including phenoxy) is 1. The first-order chi connectivity index (χ1) is 12.5. The minimum atomic E-state index is -0.124. The molecular weight excluding hydrogens is 350 g/mol. The van der Waals surface area contributed by atoms with Gasteiger partial charge in [-0.2, -0.15) is 0 Å². The lowest BCUT2D eigenvalue weighted by Gasteiger charge is -2.21. The number of carbonyl (C=O) groups excluding carboxylic acids is 1. The molecule has 0 N–H and O–H groups in total. The molecule has 0 aliphatic rings. The number of hydrogen-bond acceptors (Lipinski definition) is 5. The zero-order valence-electron chi connectivity index (χ0n) is 15.3. The summed E-state index contributed by atoms with van der Waals surface area (Å²) in [5.74, 6) is 0.705. The van der Waals surface area contributed by atoms with Crippen molar-refractivity contribution in [1.82, 2.24) is 14.5 Å². The highest BCUT2D eigenvalue weighted by Gasteiger charge is 2.23. The summed E-state index contributed by atoms with van der Waals surface area (Å²) in [6.07, 6.45) is 1.49. The fourth-order valence-corrected chi connectivity index (χ4v) is 3.94. The number of aromatic nitrogens is 2.